The summed E-state index contributed by atoms with van der Waals surface area (Å²) in [5.74, 6) is -0.481. The average molecular weight is 654 g/mol. The standard InChI is InChI=1S/C34H40N2O9S/c1-6-13-36-29-11-9-25(43-5)20-27(29)31(34(39)45-32-22(2)18-24(33(37)38)19-23(32)3)28-21-26(10-12-30(28)36)44-16-7-14-35(4)15-8-17-46(40,41)42/h9-12,18-21H,6-8,13-17H2,1-5H3,(H-,37,38,40,41,42)/p+1. The van der Waals surface area contributed by atoms with Crippen LogP contribution in [0, 0.1) is 13.8 Å². The molecule has 0 spiro atoms. The second-order valence-corrected chi connectivity index (χ2v) is 12.9. The van der Waals surface area contributed by atoms with Crippen LogP contribution in [0.4, 0.5) is 0 Å². The number of hydrogen-bond donors (Lipinski definition) is 2. The predicted molar refractivity (Wildman–Crippen MR) is 175 cm³/mol. The number of aromatic carboxylic acids is 1. The van der Waals surface area contributed by atoms with E-state index in [1.54, 1.807) is 21.0 Å². The van der Waals surface area contributed by atoms with Crippen molar-refractivity contribution in [2.75, 3.05) is 39.6 Å². The van der Waals surface area contributed by atoms with Crippen molar-refractivity contribution in [3.63, 3.8) is 0 Å². The molecule has 12 heteroatoms. The molecule has 0 radical (unpaired) electrons. The van der Waals surface area contributed by atoms with Crippen LogP contribution >= 0.6 is 0 Å². The number of aryl methyl sites for hydroxylation is 3. The van der Waals surface area contributed by atoms with Crippen molar-refractivity contribution < 1.29 is 46.4 Å². The first-order valence-corrected chi connectivity index (χ1v) is 16.7. The summed E-state index contributed by atoms with van der Waals surface area (Å²) in [7, 11) is -0.533. The van der Waals surface area contributed by atoms with Crippen LogP contribution in [0.1, 0.15) is 58.0 Å². The number of esters is 1. The van der Waals surface area contributed by atoms with E-state index in [1.807, 2.05) is 48.3 Å². The lowest BCUT2D eigenvalue weighted by molar-refractivity contribution is -0.645. The van der Waals surface area contributed by atoms with Crippen LogP contribution in [0.5, 0.6) is 17.2 Å². The summed E-state index contributed by atoms with van der Waals surface area (Å²) in [6, 6.07) is 14.2. The minimum atomic E-state index is -3.97. The number of hydrogen-bond acceptors (Lipinski definition) is 8. The highest BCUT2D eigenvalue weighted by Crippen LogP contribution is 2.33. The smallest absolute Gasteiger partial charge is 0.345 e. The number of rotatable bonds is 15. The third kappa shape index (κ3) is 8.31. The lowest BCUT2D eigenvalue weighted by Gasteiger charge is -2.17. The van der Waals surface area contributed by atoms with E-state index in [0.29, 0.717) is 83.8 Å². The van der Waals surface area contributed by atoms with Gasteiger partial charge >= 0.3 is 11.9 Å². The predicted octanol–water partition coefficient (Wildman–Crippen LogP) is 5.21. The maximum Gasteiger partial charge on any atom is 0.345 e. The number of pyridine rings is 1. The van der Waals surface area contributed by atoms with Crippen LogP contribution < -0.4 is 18.8 Å². The zero-order valence-electron chi connectivity index (χ0n) is 26.8. The van der Waals surface area contributed by atoms with Gasteiger partial charge in [0.2, 0.25) is 11.0 Å². The molecule has 0 saturated heterocycles. The fourth-order valence-electron chi connectivity index (χ4n) is 5.61. The molecule has 246 valence electrons. The molecule has 0 atom stereocenters. The minimum Gasteiger partial charge on any atom is -0.497 e. The third-order valence-corrected chi connectivity index (χ3v) is 8.54. The zero-order chi connectivity index (χ0) is 33.6. The number of carbonyl (C=O) groups excluding carboxylic acids is 1. The molecule has 4 rings (SSSR count). The van der Waals surface area contributed by atoms with E-state index < -0.39 is 22.1 Å². The van der Waals surface area contributed by atoms with Crippen LogP contribution in [-0.4, -0.2) is 74.5 Å². The van der Waals surface area contributed by atoms with Crippen molar-refractivity contribution >= 4 is 43.9 Å². The molecule has 0 bridgehead atoms. The van der Waals surface area contributed by atoms with Crippen LogP contribution in [0.15, 0.2) is 48.5 Å². The third-order valence-electron chi connectivity index (χ3n) is 7.74. The van der Waals surface area contributed by atoms with E-state index in [1.165, 1.54) is 12.1 Å². The van der Waals surface area contributed by atoms with Crippen molar-refractivity contribution in [1.82, 2.24) is 4.90 Å². The summed E-state index contributed by atoms with van der Waals surface area (Å²) < 4.78 is 50.7. The molecule has 3 aromatic carbocycles. The molecule has 2 N–H and O–H groups in total. The van der Waals surface area contributed by atoms with Gasteiger partial charge in [0.15, 0.2) is 0 Å². The molecular weight excluding hydrogens is 612 g/mol. The van der Waals surface area contributed by atoms with Gasteiger partial charge in [0.05, 0.1) is 41.4 Å². The van der Waals surface area contributed by atoms with Crippen molar-refractivity contribution in [3.05, 3.63) is 70.8 Å². The van der Waals surface area contributed by atoms with E-state index in [4.69, 9.17) is 18.8 Å². The monoisotopic (exact) mass is 653 g/mol. The van der Waals surface area contributed by atoms with Gasteiger partial charge in [0.1, 0.15) is 23.8 Å². The summed E-state index contributed by atoms with van der Waals surface area (Å²) >= 11 is 0. The Labute approximate surface area is 269 Å². The Morgan fingerprint density at radius 3 is 2.07 bits per heavy atom. The van der Waals surface area contributed by atoms with E-state index >= 15 is 0 Å². The molecule has 0 aliphatic rings. The van der Waals surface area contributed by atoms with E-state index in [9.17, 15) is 23.1 Å². The maximum atomic E-state index is 14.1. The summed E-state index contributed by atoms with van der Waals surface area (Å²) in [4.78, 5) is 27.7. The van der Waals surface area contributed by atoms with E-state index in [0.717, 1.165) is 17.5 Å². The fourth-order valence-corrected chi connectivity index (χ4v) is 6.10. The molecule has 0 unspecified atom stereocenters. The molecule has 46 heavy (non-hydrogen) atoms. The Balaban J connectivity index is 1.71. The molecule has 0 fully saturated rings. The highest BCUT2D eigenvalue weighted by Gasteiger charge is 2.27. The fraction of sp³-hybridized carbons (Fsp3) is 0.382. The Kier molecular flexibility index (Phi) is 11.2. The second-order valence-electron chi connectivity index (χ2n) is 11.4. The van der Waals surface area contributed by atoms with Crippen LogP contribution in [0.25, 0.3) is 21.8 Å². The summed E-state index contributed by atoms with van der Waals surface area (Å²) in [5.41, 5.74) is 3.17. The van der Waals surface area contributed by atoms with Gasteiger partial charge in [0.25, 0.3) is 10.1 Å². The Hall–Kier alpha value is -4.26. The van der Waals surface area contributed by atoms with Crippen LogP contribution in [0.2, 0.25) is 0 Å². The second kappa shape index (κ2) is 14.9. The Bertz CT molecular complexity index is 1850. The van der Waals surface area contributed by atoms with Crippen LogP contribution in [-0.2, 0) is 16.7 Å². The molecular formula is C34H41N2O9S+. The van der Waals surface area contributed by atoms with Crippen LogP contribution in [0.3, 0.4) is 0 Å². The number of benzene rings is 3. The first kappa shape index (κ1) is 34.6. The van der Waals surface area contributed by atoms with Gasteiger partial charge in [-0.3, -0.25) is 4.55 Å². The van der Waals surface area contributed by atoms with Crippen molar-refractivity contribution in [2.45, 2.75) is 46.6 Å². The molecule has 0 saturated carbocycles. The number of ether oxygens (including phenoxy) is 3. The SMILES string of the molecule is CCC[n+]1c2ccc(OC)cc2c(C(=O)Oc2c(C)cc(C(=O)O)cc2C)c2cc(OCCCN(C)CCCS(=O)(=O)O)ccc21. The number of nitrogens with zero attached hydrogens (tertiary/aromatic N) is 2. The summed E-state index contributed by atoms with van der Waals surface area (Å²) in [6.45, 7) is 7.77. The molecule has 1 heterocycles. The van der Waals surface area contributed by atoms with E-state index in [-0.39, 0.29) is 11.3 Å². The summed E-state index contributed by atoms with van der Waals surface area (Å²) in [5, 5.41) is 10.7. The number of aromatic nitrogens is 1. The number of fused-ring (bicyclic) bond motifs is 2. The van der Waals surface area contributed by atoms with Crippen molar-refractivity contribution in [3.8, 4) is 17.2 Å². The molecule has 0 aliphatic carbocycles. The van der Waals surface area contributed by atoms with Gasteiger partial charge < -0.3 is 24.2 Å². The maximum absolute atomic E-state index is 14.1. The number of carboxylic acids is 1. The topological polar surface area (TPSA) is 144 Å². The minimum absolute atomic E-state index is 0.113. The van der Waals surface area contributed by atoms with Gasteiger partial charge in [-0.25, -0.2) is 9.59 Å². The zero-order valence-corrected chi connectivity index (χ0v) is 27.6. The average Bonchev–Trinajstić information content (AvgIpc) is 2.99. The first-order valence-electron chi connectivity index (χ1n) is 15.1. The summed E-state index contributed by atoms with van der Waals surface area (Å²) in [6.07, 6.45) is 1.86. The van der Waals surface area contributed by atoms with Crippen molar-refractivity contribution in [2.24, 2.45) is 0 Å². The van der Waals surface area contributed by atoms with Gasteiger partial charge in [0, 0.05) is 25.1 Å². The quantitative estimate of drug-likeness (QED) is 0.0438. The normalized spacial score (nSPS) is 11.7. The van der Waals surface area contributed by atoms with Gasteiger partial charge in [-0.15, -0.1) is 0 Å². The van der Waals surface area contributed by atoms with Gasteiger partial charge in [-0.05, 0) is 87.8 Å². The molecule has 4 aromatic rings. The number of methoxy groups -OCH3 is 1. The number of carbonyl (C=O) groups is 2. The Morgan fingerprint density at radius 2 is 1.50 bits per heavy atom. The highest BCUT2D eigenvalue weighted by atomic mass is 32.2. The molecule has 1 aromatic heterocycles. The molecule has 11 nitrogen and oxygen atoms in total. The van der Waals surface area contributed by atoms with Gasteiger partial charge in [-0.1, -0.05) is 6.92 Å². The molecule has 0 amide bonds. The lowest BCUT2D eigenvalue weighted by atomic mass is 10.0. The number of carboxylic acid groups (broad SMARTS) is 1. The highest BCUT2D eigenvalue weighted by molar-refractivity contribution is 7.85. The van der Waals surface area contributed by atoms with Crippen molar-refractivity contribution in [1.29, 1.82) is 0 Å². The lowest BCUT2D eigenvalue weighted by Crippen LogP contribution is -2.36. The van der Waals surface area contributed by atoms with Gasteiger partial charge in [-0.2, -0.15) is 13.0 Å². The van der Waals surface area contributed by atoms with E-state index in [2.05, 4.69) is 11.5 Å². The Morgan fingerprint density at radius 1 is 0.913 bits per heavy atom. The molecule has 0 aliphatic heterocycles. The first-order chi connectivity index (χ1) is 21.8. The largest absolute Gasteiger partial charge is 0.497 e.